The van der Waals surface area contributed by atoms with E-state index in [1.54, 1.807) is 18.2 Å². The molecule has 3 heterocycles. The van der Waals surface area contributed by atoms with Gasteiger partial charge in [0, 0.05) is 23.6 Å². The van der Waals surface area contributed by atoms with E-state index in [1.165, 1.54) is 6.07 Å². The normalized spacial score (nSPS) is 20.6. The Morgan fingerprint density at radius 2 is 1.66 bits per heavy atom. The molecule has 0 aromatic heterocycles. The summed E-state index contributed by atoms with van der Waals surface area (Å²) in [5.41, 5.74) is 3.31. The Hall–Kier alpha value is -4.07. The molecule has 0 saturated heterocycles. The molecule has 160 valence electrons. The second-order valence-electron chi connectivity index (χ2n) is 7.83. The van der Waals surface area contributed by atoms with Gasteiger partial charge in [-0.2, -0.15) is 5.10 Å². The van der Waals surface area contributed by atoms with Gasteiger partial charge in [0.25, 0.3) is 5.69 Å². The number of rotatable bonds is 3. The highest BCUT2D eigenvalue weighted by Gasteiger charge is 2.43. The highest BCUT2D eigenvalue weighted by atomic mass is 16.6. The maximum absolute atomic E-state index is 11.7. The molecule has 0 radical (unpaired) electrons. The molecule has 0 unspecified atom stereocenters. The van der Waals surface area contributed by atoms with Gasteiger partial charge in [0.15, 0.2) is 11.5 Å². The van der Waals surface area contributed by atoms with E-state index in [0.29, 0.717) is 30.9 Å². The smallest absolute Gasteiger partial charge is 0.278 e. The van der Waals surface area contributed by atoms with Crippen molar-refractivity contribution in [3.05, 3.63) is 93.5 Å². The summed E-state index contributed by atoms with van der Waals surface area (Å²) in [6, 6.07) is 20.2. The molecule has 3 aliphatic heterocycles. The summed E-state index contributed by atoms with van der Waals surface area (Å²) in [7, 11) is 0. The average Bonchev–Trinajstić information content (AvgIpc) is 3.29. The first-order valence-electron chi connectivity index (χ1n) is 10.4. The second-order valence-corrected chi connectivity index (χ2v) is 7.83. The summed E-state index contributed by atoms with van der Waals surface area (Å²) >= 11 is 0. The molecule has 0 saturated carbocycles. The van der Waals surface area contributed by atoms with Crippen LogP contribution < -0.4 is 14.2 Å². The Balaban J connectivity index is 1.44. The maximum atomic E-state index is 11.7. The number of hydrogen-bond donors (Lipinski definition) is 0. The molecule has 0 bridgehead atoms. The highest BCUT2D eigenvalue weighted by molar-refractivity contribution is 6.02. The lowest BCUT2D eigenvalue weighted by Crippen LogP contribution is -2.34. The third kappa shape index (κ3) is 2.95. The van der Waals surface area contributed by atoms with Crippen molar-refractivity contribution in [2.45, 2.75) is 18.7 Å². The van der Waals surface area contributed by atoms with Gasteiger partial charge in [-0.15, -0.1) is 0 Å². The lowest BCUT2D eigenvalue weighted by molar-refractivity contribution is -0.386. The van der Waals surface area contributed by atoms with Gasteiger partial charge >= 0.3 is 0 Å². The van der Waals surface area contributed by atoms with Crippen LogP contribution in [0.5, 0.6) is 17.2 Å². The van der Waals surface area contributed by atoms with Crippen molar-refractivity contribution >= 4 is 11.4 Å². The number of hydrazone groups is 1. The van der Waals surface area contributed by atoms with Gasteiger partial charge in [-0.3, -0.25) is 10.1 Å². The van der Waals surface area contributed by atoms with Gasteiger partial charge in [0.2, 0.25) is 6.23 Å². The van der Waals surface area contributed by atoms with E-state index in [1.807, 2.05) is 47.5 Å². The van der Waals surface area contributed by atoms with Gasteiger partial charge in [-0.05, 0) is 30.3 Å². The Kier molecular flexibility index (Phi) is 4.24. The predicted octanol–water partition coefficient (Wildman–Crippen LogP) is 4.61. The molecule has 3 aromatic carbocycles. The number of nitrogens with zero attached hydrogens (tertiary/aromatic N) is 3. The zero-order valence-electron chi connectivity index (χ0n) is 17.0. The number of nitro benzene ring substituents is 1. The van der Waals surface area contributed by atoms with Crippen LogP contribution in [0.2, 0.25) is 0 Å². The Labute approximate surface area is 183 Å². The predicted molar refractivity (Wildman–Crippen MR) is 116 cm³/mol. The molecular weight excluding hydrogens is 410 g/mol. The summed E-state index contributed by atoms with van der Waals surface area (Å²) < 4.78 is 17.6. The fraction of sp³-hybridized carbons (Fsp3) is 0.208. The van der Waals surface area contributed by atoms with Crippen LogP contribution in [0.25, 0.3) is 0 Å². The first-order valence-corrected chi connectivity index (χ1v) is 10.4. The van der Waals surface area contributed by atoms with Gasteiger partial charge in [-0.25, -0.2) is 5.01 Å². The van der Waals surface area contributed by atoms with Gasteiger partial charge in [0.1, 0.15) is 19.0 Å². The van der Waals surface area contributed by atoms with Crippen LogP contribution in [0.4, 0.5) is 5.69 Å². The van der Waals surface area contributed by atoms with Crippen molar-refractivity contribution in [2.75, 3.05) is 13.2 Å². The number of ether oxygens (including phenoxy) is 3. The van der Waals surface area contributed by atoms with Crippen LogP contribution in [-0.2, 0) is 0 Å². The summed E-state index contributed by atoms with van der Waals surface area (Å²) in [6.45, 7) is 1.05. The topological polar surface area (TPSA) is 86.4 Å². The number of benzene rings is 3. The first kappa shape index (κ1) is 18.7. The minimum absolute atomic E-state index is 0.0126. The monoisotopic (exact) mass is 429 g/mol. The van der Waals surface area contributed by atoms with Crippen LogP contribution in [0.1, 0.15) is 35.4 Å². The zero-order chi connectivity index (χ0) is 21.7. The molecule has 0 N–H and O–H groups in total. The number of hydrogen-bond acceptors (Lipinski definition) is 7. The van der Waals surface area contributed by atoms with E-state index in [4.69, 9.17) is 19.3 Å². The quantitative estimate of drug-likeness (QED) is 0.446. The lowest BCUT2D eigenvalue weighted by atomic mass is 9.95. The summed E-state index contributed by atoms with van der Waals surface area (Å²) in [6.07, 6.45) is -0.0526. The molecule has 2 atom stereocenters. The van der Waals surface area contributed by atoms with Crippen molar-refractivity contribution in [2.24, 2.45) is 5.10 Å². The molecule has 8 heteroatoms. The Bertz CT molecular complexity index is 1260. The van der Waals surface area contributed by atoms with Crippen LogP contribution >= 0.6 is 0 Å². The van der Waals surface area contributed by atoms with Crippen molar-refractivity contribution in [1.82, 2.24) is 5.01 Å². The third-order valence-corrected chi connectivity index (χ3v) is 5.97. The maximum Gasteiger partial charge on any atom is 0.278 e. The van der Waals surface area contributed by atoms with Crippen LogP contribution in [0.15, 0.2) is 71.8 Å². The average molecular weight is 429 g/mol. The number of para-hydroxylation sites is 2. The highest BCUT2D eigenvalue weighted by Crippen LogP contribution is 2.49. The van der Waals surface area contributed by atoms with Crippen LogP contribution in [-0.4, -0.2) is 28.9 Å². The first-order chi connectivity index (χ1) is 15.7. The SMILES string of the molecule is O=[N+]([O-])c1ccccc1[C@H]1Oc2ccccc2[C@H]2CC(c3ccc4c(c3)OCCO4)=NN21. The van der Waals surface area contributed by atoms with Crippen LogP contribution in [0.3, 0.4) is 0 Å². The molecule has 0 spiro atoms. The van der Waals surface area contributed by atoms with Crippen molar-refractivity contribution in [3.63, 3.8) is 0 Å². The molecule has 8 nitrogen and oxygen atoms in total. The third-order valence-electron chi connectivity index (χ3n) is 5.97. The van der Waals surface area contributed by atoms with Gasteiger partial charge in [0.05, 0.1) is 22.2 Å². The molecule has 0 amide bonds. The fourth-order valence-corrected chi connectivity index (χ4v) is 4.50. The van der Waals surface area contributed by atoms with Gasteiger partial charge in [-0.1, -0.05) is 30.3 Å². The van der Waals surface area contributed by atoms with Crippen molar-refractivity contribution in [1.29, 1.82) is 0 Å². The Morgan fingerprint density at radius 3 is 2.50 bits per heavy atom. The molecule has 3 aromatic rings. The van der Waals surface area contributed by atoms with Gasteiger partial charge < -0.3 is 14.2 Å². The number of fused-ring (bicyclic) bond motifs is 4. The summed E-state index contributed by atoms with van der Waals surface area (Å²) in [5.74, 6) is 2.14. The molecule has 3 aliphatic rings. The Morgan fingerprint density at radius 1 is 0.906 bits per heavy atom. The van der Waals surface area contributed by atoms with E-state index in [0.717, 1.165) is 28.3 Å². The molecular formula is C24H19N3O5. The minimum Gasteiger partial charge on any atom is -0.486 e. The van der Waals surface area contributed by atoms with E-state index in [9.17, 15) is 10.1 Å². The molecule has 6 rings (SSSR count). The largest absolute Gasteiger partial charge is 0.486 e. The standard InChI is InChI=1S/C24H19N3O5/c28-27(29)19-7-3-1-6-17(19)24-26-20(16-5-2-4-8-21(16)32-24)14-18(25-26)15-9-10-22-23(13-15)31-12-11-30-22/h1-10,13,20,24H,11-12,14H2/t20-,24-/m1/s1. The molecule has 0 fully saturated rings. The summed E-state index contributed by atoms with van der Waals surface area (Å²) in [4.78, 5) is 11.3. The zero-order valence-corrected chi connectivity index (χ0v) is 17.0. The lowest BCUT2D eigenvalue weighted by Gasteiger charge is -2.37. The summed E-state index contributed by atoms with van der Waals surface area (Å²) in [5, 5.41) is 18.4. The van der Waals surface area contributed by atoms with Crippen molar-refractivity contribution < 1.29 is 19.1 Å². The van der Waals surface area contributed by atoms with Crippen LogP contribution in [0, 0.1) is 10.1 Å². The number of nitro groups is 1. The molecule has 32 heavy (non-hydrogen) atoms. The second kappa shape index (κ2) is 7.26. The van der Waals surface area contributed by atoms with E-state index in [2.05, 4.69) is 0 Å². The van der Waals surface area contributed by atoms with E-state index < -0.39 is 6.23 Å². The van der Waals surface area contributed by atoms with E-state index in [-0.39, 0.29) is 16.7 Å². The van der Waals surface area contributed by atoms with E-state index >= 15 is 0 Å². The molecule has 0 aliphatic carbocycles. The van der Waals surface area contributed by atoms with Crippen molar-refractivity contribution in [3.8, 4) is 17.2 Å². The fourth-order valence-electron chi connectivity index (χ4n) is 4.50. The minimum atomic E-state index is -0.703.